The highest BCUT2D eigenvalue weighted by Crippen LogP contribution is 2.34. The SMILES string of the molecule is C=C(N)NC(=O)Cc1c(Cl)ccc(-c2ccccn2)c1Cl. The molecule has 0 aliphatic heterocycles. The van der Waals surface area contributed by atoms with E-state index in [-0.39, 0.29) is 18.1 Å². The molecule has 0 spiro atoms. The van der Waals surface area contributed by atoms with Crippen molar-refractivity contribution >= 4 is 29.1 Å². The Balaban J connectivity index is 2.38. The standard InChI is InChI=1S/C15H13Cl2N3O/c1-9(18)20-14(21)8-11-12(16)6-5-10(15(11)17)13-4-2-3-7-19-13/h2-7H,1,8,18H2,(H,20,21). The van der Waals surface area contributed by atoms with Gasteiger partial charge >= 0.3 is 0 Å². The number of pyridine rings is 1. The first kappa shape index (κ1) is 15.4. The third-order valence-corrected chi connectivity index (χ3v) is 3.55. The summed E-state index contributed by atoms with van der Waals surface area (Å²) in [5.41, 5.74) is 7.30. The Morgan fingerprint density at radius 1 is 1.29 bits per heavy atom. The molecule has 1 aromatic heterocycles. The number of benzene rings is 1. The minimum absolute atomic E-state index is 0.00849. The monoisotopic (exact) mass is 321 g/mol. The van der Waals surface area contributed by atoms with Crippen molar-refractivity contribution in [3.63, 3.8) is 0 Å². The third-order valence-electron chi connectivity index (χ3n) is 2.76. The van der Waals surface area contributed by atoms with Crippen LogP contribution in [0.25, 0.3) is 11.3 Å². The predicted octanol–water partition coefficient (Wildman–Crippen LogP) is 3.14. The van der Waals surface area contributed by atoms with Gasteiger partial charge in [-0.1, -0.05) is 35.8 Å². The van der Waals surface area contributed by atoms with Gasteiger partial charge in [-0.05, 0) is 29.8 Å². The van der Waals surface area contributed by atoms with Gasteiger partial charge in [0.1, 0.15) is 0 Å². The second-order valence-electron chi connectivity index (χ2n) is 4.35. The molecule has 0 bridgehead atoms. The first-order valence-electron chi connectivity index (χ1n) is 6.11. The number of amides is 1. The predicted molar refractivity (Wildman–Crippen MR) is 84.9 cm³/mol. The van der Waals surface area contributed by atoms with E-state index in [4.69, 9.17) is 28.9 Å². The summed E-state index contributed by atoms with van der Waals surface area (Å²) in [6.07, 6.45) is 1.68. The summed E-state index contributed by atoms with van der Waals surface area (Å²) < 4.78 is 0. The lowest BCUT2D eigenvalue weighted by molar-refractivity contribution is -0.119. The highest BCUT2D eigenvalue weighted by Gasteiger charge is 2.15. The van der Waals surface area contributed by atoms with E-state index in [0.29, 0.717) is 21.3 Å². The van der Waals surface area contributed by atoms with Crippen molar-refractivity contribution in [2.24, 2.45) is 5.73 Å². The molecular formula is C15H13Cl2N3O. The molecule has 0 atom stereocenters. The highest BCUT2D eigenvalue weighted by molar-refractivity contribution is 6.38. The molecule has 0 fully saturated rings. The molecule has 0 radical (unpaired) electrons. The molecule has 4 nitrogen and oxygen atoms in total. The van der Waals surface area contributed by atoms with Crippen LogP contribution in [0, 0.1) is 0 Å². The van der Waals surface area contributed by atoms with Crippen LogP contribution in [0.5, 0.6) is 0 Å². The average Bonchev–Trinajstić information content (AvgIpc) is 2.43. The number of aromatic nitrogens is 1. The van der Waals surface area contributed by atoms with Crippen LogP contribution < -0.4 is 11.1 Å². The molecule has 0 saturated heterocycles. The summed E-state index contributed by atoms with van der Waals surface area (Å²) >= 11 is 12.5. The fourth-order valence-electron chi connectivity index (χ4n) is 1.86. The fraction of sp³-hybridized carbons (Fsp3) is 0.0667. The number of nitrogens with zero attached hydrogens (tertiary/aromatic N) is 1. The second-order valence-corrected chi connectivity index (χ2v) is 5.14. The van der Waals surface area contributed by atoms with Gasteiger partial charge in [0, 0.05) is 16.8 Å². The van der Waals surface area contributed by atoms with Gasteiger partial charge in [-0.2, -0.15) is 0 Å². The van der Waals surface area contributed by atoms with Gasteiger partial charge in [0.15, 0.2) is 0 Å². The number of nitrogens with two attached hydrogens (primary N) is 1. The number of carbonyl (C=O) groups excluding carboxylic acids is 1. The van der Waals surface area contributed by atoms with Crippen LogP contribution in [0.2, 0.25) is 10.0 Å². The molecule has 2 aromatic rings. The van der Waals surface area contributed by atoms with E-state index >= 15 is 0 Å². The number of hydrogen-bond donors (Lipinski definition) is 2. The minimum Gasteiger partial charge on any atom is -0.386 e. The Hall–Kier alpha value is -2.04. The second kappa shape index (κ2) is 6.61. The number of halogens is 2. The molecule has 0 saturated carbocycles. The van der Waals surface area contributed by atoms with Crippen LogP contribution in [0.3, 0.4) is 0 Å². The van der Waals surface area contributed by atoms with Crippen molar-refractivity contribution in [2.45, 2.75) is 6.42 Å². The van der Waals surface area contributed by atoms with Crippen molar-refractivity contribution in [3.05, 3.63) is 64.5 Å². The van der Waals surface area contributed by atoms with Crippen molar-refractivity contribution in [1.29, 1.82) is 0 Å². The topological polar surface area (TPSA) is 68.0 Å². The summed E-state index contributed by atoms with van der Waals surface area (Å²) in [6.45, 7) is 3.42. The van der Waals surface area contributed by atoms with Crippen molar-refractivity contribution in [1.82, 2.24) is 10.3 Å². The van der Waals surface area contributed by atoms with E-state index in [1.165, 1.54) is 0 Å². The summed E-state index contributed by atoms with van der Waals surface area (Å²) in [6, 6.07) is 8.97. The molecule has 0 aliphatic rings. The number of rotatable bonds is 4. The van der Waals surface area contributed by atoms with Crippen LogP contribution in [0.4, 0.5) is 0 Å². The van der Waals surface area contributed by atoms with E-state index in [1.807, 2.05) is 18.2 Å². The van der Waals surface area contributed by atoms with Crippen LogP contribution in [0.15, 0.2) is 48.9 Å². The molecule has 1 heterocycles. The van der Waals surface area contributed by atoms with Crippen LogP contribution in [-0.4, -0.2) is 10.9 Å². The smallest absolute Gasteiger partial charge is 0.229 e. The Kier molecular flexibility index (Phi) is 4.83. The van der Waals surface area contributed by atoms with Gasteiger partial charge < -0.3 is 11.1 Å². The Bertz CT molecular complexity index is 687. The Morgan fingerprint density at radius 2 is 2.05 bits per heavy atom. The third kappa shape index (κ3) is 3.74. The van der Waals surface area contributed by atoms with Gasteiger partial charge in [0.05, 0.1) is 23.0 Å². The Morgan fingerprint density at radius 3 is 2.67 bits per heavy atom. The van der Waals surface area contributed by atoms with Gasteiger partial charge in [0.25, 0.3) is 0 Å². The average molecular weight is 322 g/mol. The fourth-order valence-corrected chi connectivity index (χ4v) is 2.46. The maximum absolute atomic E-state index is 11.8. The molecule has 108 valence electrons. The lowest BCUT2D eigenvalue weighted by atomic mass is 10.0. The van der Waals surface area contributed by atoms with Crippen LogP contribution >= 0.6 is 23.2 Å². The largest absolute Gasteiger partial charge is 0.386 e. The zero-order valence-electron chi connectivity index (χ0n) is 11.1. The lowest BCUT2D eigenvalue weighted by Crippen LogP contribution is -2.28. The quantitative estimate of drug-likeness (QED) is 0.909. The normalized spacial score (nSPS) is 10.2. The molecule has 3 N–H and O–H groups in total. The molecule has 1 amide bonds. The van der Waals surface area contributed by atoms with Gasteiger partial charge in [-0.3, -0.25) is 9.78 Å². The summed E-state index contributed by atoms with van der Waals surface area (Å²) in [7, 11) is 0. The first-order valence-corrected chi connectivity index (χ1v) is 6.87. The van der Waals surface area contributed by atoms with Gasteiger partial charge in [-0.15, -0.1) is 0 Å². The van der Waals surface area contributed by atoms with E-state index in [1.54, 1.807) is 18.3 Å². The van der Waals surface area contributed by atoms with Crippen LogP contribution in [0.1, 0.15) is 5.56 Å². The van der Waals surface area contributed by atoms with Crippen molar-refractivity contribution < 1.29 is 4.79 Å². The molecule has 0 aliphatic carbocycles. The molecule has 1 aromatic carbocycles. The molecule has 2 rings (SSSR count). The molecule has 6 heteroatoms. The summed E-state index contributed by atoms with van der Waals surface area (Å²) in [4.78, 5) is 16.0. The van der Waals surface area contributed by atoms with Crippen molar-refractivity contribution in [2.75, 3.05) is 0 Å². The zero-order valence-corrected chi connectivity index (χ0v) is 12.6. The summed E-state index contributed by atoms with van der Waals surface area (Å²) in [5.74, 6) is -0.252. The molecule has 0 unspecified atom stereocenters. The van der Waals surface area contributed by atoms with Crippen LogP contribution in [-0.2, 0) is 11.2 Å². The highest BCUT2D eigenvalue weighted by atomic mass is 35.5. The van der Waals surface area contributed by atoms with Gasteiger partial charge in [0.2, 0.25) is 5.91 Å². The Labute approximate surface area is 132 Å². The van der Waals surface area contributed by atoms with E-state index in [9.17, 15) is 4.79 Å². The van der Waals surface area contributed by atoms with E-state index < -0.39 is 0 Å². The number of nitrogens with one attached hydrogen (secondary N) is 1. The van der Waals surface area contributed by atoms with E-state index in [0.717, 1.165) is 5.56 Å². The van der Waals surface area contributed by atoms with E-state index in [2.05, 4.69) is 16.9 Å². The van der Waals surface area contributed by atoms with Gasteiger partial charge in [-0.25, -0.2) is 0 Å². The number of carbonyl (C=O) groups is 1. The molecular weight excluding hydrogens is 309 g/mol. The van der Waals surface area contributed by atoms with Crippen molar-refractivity contribution in [3.8, 4) is 11.3 Å². The summed E-state index contributed by atoms with van der Waals surface area (Å²) in [5, 5.41) is 3.23. The lowest BCUT2D eigenvalue weighted by Gasteiger charge is -2.11. The molecule has 21 heavy (non-hydrogen) atoms. The first-order chi connectivity index (χ1) is 9.99. The number of hydrogen-bond acceptors (Lipinski definition) is 3. The minimum atomic E-state index is -0.329. The zero-order chi connectivity index (χ0) is 15.4. The maximum atomic E-state index is 11.8. The maximum Gasteiger partial charge on any atom is 0.229 e.